The van der Waals surface area contributed by atoms with Crippen molar-refractivity contribution in [2.24, 2.45) is 0 Å². The standard InChI is InChI=1S/C23H26FN5O3/c1-23(2,3)32-22(31)28-11-9-19(10-12-28)29(20-6-4-5-16(24)13-20)21(30)27-18-8-7-17(14-25)26-15-18/h4-8,13,15,19H,9-12H2,1-3H3,(H,27,30). The van der Waals surface area contributed by atoms with Gasteiger partial charge in [-0.05, 0) is 63.9 Å². The number of nitriles is 1. The van der Waals surface area contributed by atoms with Gasteiger partial charge in [0.15, 0.2) is 0 Å². The number of rotatable bonds is 3. The molecular weight excluding hydrogens is 413 g/mol. The SMILES string of the molecule is CC(C)(C)OC(=O)N1CCC(N(C(=O)Nc2ccc(C#N)nc2)c2cccc(F)c2)CC1. The minimum absolute atomic E-state index is 0.236. The number of halogens is 1. The molecule has 0 atom stereocenters. The van der Waals surface area contributed by atoms with Crippen LogP contribution in [-0.2, 0) is 4.74 Å². The summed E-state index contributed by atoms with van der Waals surface area (Å²) in [6.07, 6.45) is 2.02. The van der Waals surface area contributed by atoms with Crippen molar-refractivity contribution >= 4 is 23.5 Å². The van der Waals surface area contributed by atoms with Crippen LogP contribution >= 0.6 is 0 Å². The fraction of sp³-hybridized carbons (Fsp3) is 0.391. The molecule has 0 saturated carbocycles. The topological polar surface area (TPSA) is 98.6 Å². The van der Waals surface area contributed by atoms with Crippen LogP contribution in [0.15, 0.2) is 42.6 Å². The summed E-state index contributed by atoms with van der Waals surface area (Å²) in [4.78, 5) is 32.6. The van der Waals surface area contributed by atoms with Crippen molar-refractivity contribution in [3.05, 3.63) is 54.1 Å². The van der Waals surface area contributed by atoms with Gasteiger partial charge in [-0.25, -0.2) is 19.0 Å². The van der Waals surface area contributed by atoms with Crippen LogP contribution in [0.5, 0.6) is 0 Å². The lowest BCUT2D eigenvalue weighted by molar-refractivity contribution is 0.0206. The van der Waals surface area contributed by atoms with Crippen molar-refractivity contribution in [1.29, 1.82) is 5.26 Å². The molecule has 0 spiro atoms. The molecule has 8 nitrogen and oxygen atoms in total. The van der Waals surface area contributed by atoms with Crippen molar-refractivity contribution < 1.29 is 18.7 Å². The molecule has 168 valence electrons. The molecule has 0 unspecified atom stereocenters. The Morgan fingerprint density at radius 2 is 1.97 bits per heavy atom. The monoisotopic (exact) mass is 439 g/mol. The van der Waals surface area contributed by atoms with Crippen LogP contribution in [0.3, 0.4) is 0 Å². The van der Waals surface area contributed by atoms with Crippen molar-refractivity contribution in [2.75, 3.05) is 23.3 Å². The Balaban J connectivity index is 1.76. The smallest absolute Gasteiger partial charge is 0.410 e. The van der Waals surface area contributed by atoms with Crippen LogP contribution in [0, 0.1) is 17.1 Å². The Morgan fingerprint density at radius 3 is 2.53 bits per heavy atom. The number of urea groups is 1. The van der Waals surface area contributed by atoms with Gasteiger partial charge >= 0.3 is 12.1 Å². The van der Waals surface area contributed by atoms with Crippen LogP contribution in [0.1, 0.15) is 39.3 Å². The number of amides is 3. The third kappa shape index (κ3) is 5.94. The highest BCUT2D eigenvalue weighted by Gasteiger charge is 2.32. The number of carbonyl (C=O) groups is 2. The van der Waals surface area contributed by atoms with Gasteiger partial charge in [0.1, 0.15) is 23.2 Å². The Morgan fingerprint density at radius 1 is 1.25 bits per heavy atom. The zero-order chi connectivity index (χ0) is 23.3. The van der Waals surface area contributed by atoms with E-state index in [1.807, 2.05) is 26.8 Å². The molecule has 1 saturated heterocycles. The summed E-state index contributed by atoms with van der Waals surface area (Å²) in [6.45, 7) is 6.26. The highest BCUT2D eigenvalue weighted by molar-refractivity contribution is 6.02. The first kappa shape index (κ1) is 23.0. The zero-order valence-corrected chi connectivity index (χ0v) is 18.3. The molecular formula is C23H26FN5O3. The summed E-state index contributed by atoms with van der Waals surface area (Å²) >= 11 is 0. The van der Waals surface area contributed by atoms with Crippen molar-refractivity contribution in [3.8, 4) is 6.07 Å². The highest BCUT2D eigenvalue weighted by atomic mass is 19.1. The number of nitrogens with zero attached hydrogens (tertiary/aromatic N) is 4. The lowest BCUT2D eigenvalue weighted by atomic mass is 10.0. The predicted molar refractivity (Wildman–Crippen MR) is 118 cm³/mol. The van der Waals surface area contributed by atoms with Gasteiger partial charge in [0.05, 0.1) is 11.9 Å². The predicted octanol–water partition coefficient (Wildman–Crippen LogP) is 4.53. The summed E-state index contributed by atoms with van der Waals surface area (Å²) in [7, 11) is 0. The van der Waals surface area contributed by atoms with Gasteiger partial charge in [-0.3, -0.25) is 4.90 Å². The number of carbonyl (C=O) groups excluding carboxylic acids is 2. The number of likely N-dealkylation sites (tertiary alicyclic amines) is 1. The van der Waals surface area contributed by atoms with E-state index >= 15 is 0 Å². The lowest BCUT2D eigenvalue weighted by Gasteiger charge is -2.38. The molecule has 1 aromatic carbocycles. The molecule has 1 aliphatic rings. The molecule has 0 radical (unpaired) electrons. The molecule has 1 N–H and O–H groups in total. The number of nitrogens with one attached hydrogen (secondary N) is 1. The number of hydrogen-bond acceptors (Lipinski definition) is 5. The largest absolute Gasteiger partial charge is 0.444 e. The summed E-state index contributed by atoms with van der Waals surface area (Å²) in [5.41, 5.74) is 0.484. The van der Waals surface area contributed by atoms with E-state index in [2.05, 4.69) is 10.3 Å². The fourth-order valence-corrected chi connectivity index (χ4v) is 3.47. The summed E-state index contributed by atoms with van der Waals surface area (Å²) < 4.78 is 19.4. The summed E-state index contributed by atoms with van der Waals surface area (Å²) in [6, 6.07) is 10.1. The Labute approximate surface area is 186 Å². The number of piperidine rings is 1. The van der Waals surface area contributed by atoms with Gasteiger partial charge in [-0.2, -0.15) is 5.26 Å². The van der Waals surface area contributed by atoms with Gasteiger partial charge in [-0.1, -0.05) is 6.07 Å². The Kier molecular flexibility index (Phi) is 6.93. The first-order valence-corrected chi connectivity index (χ1v) is 10.4. The van der Waals surface area contributed by atoms with Crippen LogP contribution in [-0.4, -0.2) is 46.7 Å². The van der Waals surface area contributed by atoms with E-state index in [1.54, 1.807) is 23.1 Å². The molecule has 3 amide bonds. The number of ether oxygens (including phenoxy) is 1. The summed E-state index contributed by atoms with van der Waals surface area (Å²) in [5.74, 6) is -0.452. The Bertz CT molecular complexity index is 1010. The fourth-order valence-electron chi connectivity index (χ4n) is 3.47. The van der Waals surface area contributed by atoms with E-state index in [1.165, 1.54) is 29.3 Å². The van der Waals surface area contributed by atoms with Crippen LogP contribution in [0.4, 0.5) is 25.4 Å². The van der Waals surface area contributed by atoms with Gasteiger partial charge in [0.25, 0.3) is 0 Å². The van der Waals surface area contributed by atoms with E-state index in [0.717, 1.165) is 0 Å². The number of benzene rings is 1. The van der Waals surface area contributed by atoms with Gasteiger partial charge in [0, 0.05) is 24.8 Å². The molecule has 32 heavy (non-hydrogen) atoms. The maximum Gasteiger partial charge on any atom is 0.410 e. The molecule has 0 aliphatic carbocycles. The first-order chi connectivity index (χ1) is 15.2. The quantitative estimate of drug-likeness (QED) is 0.758. The molecule has 1 aliphatic heterocycles. The van der Waals surface area contributed by atoms with Crippen molar-refractivity contribution in [1.82, 2.24) is 9.88 Å². The van der Waals surface area contributed by atoms with Crippen molar-refractivity contribution in [3.63, 3.8) is 0 Å². The van der Waals surface area contributed by atoms with Crippen LogP contribution in [0.2, 0.25) is 0 Å². The second-order valence-corrected chi connectivity index (χ2v) is 8.52. The normalized spacial score (nSPS) is 14.4. The number of pyridine rings is 1. The lowest BCUT2D eigenvalue weighted by Crippen LogP contribution is -2.51. The van der Waals surface area contributed by atoms with E-state index < -0.39 is 17.4 Å². The van der Waals surface area contributed by atoms with E-state index in [0.29, 0.717) is 37.3 Å². The highest BCUT2D eigenvalue weighted by Crippen LogP contribution is 2.26. The zero-order valence-electron chi connectivity index (χ0n) is 18.3. The number of aromatic nitrogens is 1. The number of hydrogen-bond donors (Lipinski definition) is 1. The molecule has 2 aromatic rings. The van der Waals surface area contributed by atoms with Crippen LogP contribution < -0.4 is 10.2 Å². The van der Waals surface area contributed by atoms with E-state index in [9.17, 15) is 14.0 Å². The summed E-state index contributed by atoms with van der Waals surface area (Å²) in [5, 5.41) is 11.6. The molecule has 2 heterocycles. The van der Waals surface area contributed by atoms with Gasteiger partial charge < -0.3 is 15.0 Å². The minimum Gasteiger partial charge on any atom is -0.444 e. The maximum absolute atomic E-state index is 13.9. The van der Waals surface area contributed by atoms with E-state index in [-0.39, 0.29) is 17.8 Å². The second kappa shape index (κ2) is 9.64. The molecule has 9 heteroatoms. The van der Waals surface area contributed by atoms with Crippen molar-refractivity contribution in [2.45, 2.75) is 45.3 Å². The van der Waals surface area contributed by atoms with E-state index in [4.69, 9.17) is 10.00 Å². The first-order valence-electron chi connectivity index (χ1n) is 10.4. The van der Waals surface area contributed by atoms with Crippen LogP contribution in [0.25, 0.3) is 0 Å². The Hall–Kier alpha value is -3.67. The van der Waals surface area contributed by atoms with Gasteiger partial charge in [-0.15, -0.1) is 0 Å². The maximum atomic E-state index is 13.9. The average Bonchev–Trinajstić information content (AvgIpc) is 2.74. The third-order valence-electron chi connectivity index (χ3n) is 4.92. The average molecular weight is 439 g/mol. The third-order valence-corrected chi connectivity index (χ3v) is 4.92. The molecule has 0 bridgehead atoms. The second-order valence-electron chi connectivity index (χ2n) is 8.52. The number of anilines is 2. The molecule has 3 rings (SSSR count). The minimum atomic E-state index is -0.587. The molecule has 1 aromatic heterocycles. The molecule has 1 fully saturated rings. The van der Waals surface area contributed by atoms with Gasteiger partial charge in [0.2, 0.25) is 0 Å².